The predicted octanol–water partition coefficient (Wildman–Crippen LogP) is 1.24. The molecule has 1 saturated heterocycles. The maximum atomic E-state index is 11.8. The highest BCUT2D eigenvalue weighted by Crippen LogP contribution is 2.15. The van der Waals surface area contributed by atoms with E-state index in [1.54, 1.807) is 0 Å². The van der Waals surface area contributed by atoms with Crippen molar-refractivity contribution in [2.45, 2.75) is 32.2 Å². The van der Waals surface area contributed by atoms with Gasteiger partial charge in [-0.2, -0.15) is 11.8 Å². The van der Waals surface area contributed by atoms with E-state index in [9.17, 15) is 4.79 Å². The van der Waals surface area contributed by atoms with Crippen LogP contribution < -0.4 is 10.6 Å². The van der Waals surface area contributed by atoms with E-state index in [-0.39, 0.29) is 11.9 Å². The summed E-state index contributed by atoms with van der Waals surface area (Å²) >= 11 is 1.82. The molecule has 2 N–H and O–H groups in total. The third-order valence-electron chi connectivity index (χ3n) is 2.88. The summed E-state index contributed by atoms with van der Waals surface area (Å²) in [5.74, 6) is 1.77. The average molecular weight is 230 g/mol. The lowest BCUT2D eigenvalue weighted by atomic mass is 9.92. The quantitative estimate of drug-likeness (QED) is 0.698. The molecule has 0 saturated carbocycles. The molecule has 88 valence electrons. The fraction of sp³-hybridized carbons (Fsp3) is 0.909. The molecule has 0 aromatic heterocycles. The normalized spacial score (nSPS) is 26.3. The van der Waals surface area contributed by atoms with Crippen LogP contribution in [0.2, 0.25) is 0 Å². The Morgan fingerprint density at radius 2 is 2.40 bits per heavy atom. The van der Waals surface area contributed by atoms with Gasteiger partial charge in [0.25, 0.3) is 0 Å². The lowest BCUT2D eigenvalue weighted by molar-refractivity contribution is -0.124. The zero-order chi connectivity index (χ0) is 11.1. The van der Waals surface area contributed by atoms with Crippen LogP contribution in [0.5, 0.6) is 0 Å². The highest BCUT2D eigenvalue weighted by Gasteiger charge is 2.26. The number of rotatable bonds is 5. The van der Waals surface area contributed by atoms with Crippen LogP contribution in [0.25, 0.3) is 0 Å². The van der Waals surface area contributed by atoms with Gasteiger partial charge in [-0.05, 0) is 43.7 Å². The zero-order valence-electron chi connectivity index (χ0n) is 9.71. The molecule has 0 aliphatic carbocycles. The number of carbonyl (C=O) groups is 1. The van der Waals surface area contributed by atoms with Gasteiger partial charge in [-0.3, -0.25) is 4.79 Å². The number of hydrogen-bond donors (Lipinski definition) is 2. The summed E-state index contributed by atoms with van der Waals surface area (Å²) < 4.78 is 0. The Morgan fingerprint density at radius 3 is 3.07 bits per heavy atom. The lowest BCUT2D eigenvalue weighted by Gasteiger charge is -2.28. The van der Waals surface area contributed by atoms with E-state index in [0.717, 1.165) is 31.7 Å². The summed E-state index contributed by atoms with van der Waals surface area (Å²) in [7, 11) is 0. The second-order valence-corrected chi connectivity index (χ2v) is 5.17. The average Bonchev–Trinajstić information content (AvgIpc) is 2.25. The number of carbonyl (C=O) groups excluding carboxylic acids is 1. The van der Waals surface area contributed by atoms with Gasteiger partial charge in [-0.25, -0.2) is 0 Å². The zero-order valence-corrected chi connectivity index (χ0v) is 10.5. The van der Waals surface area contributed by atoms with Crippen LogP contribution in [0.1, 0.15) is 26.2 Å². The Kier molecular flexibility index (Phi) is 6.10. The molecule has 1 fully saturated rings. The van der Waals surface area contributed by atoms with Gasteiger partial charge in [0.1, 0.15) is 0 Å². The van der Waals surface area contributed by atoms with Crippen LogP contribution in [-0.2, 0) is 4.79 Å². The minimum absolute atomic E-state index is 0.0352. The van der Waals surface area contributed by atoms with Crippen molar-refractivity contribution in [3.05, 3.63) is 0 Å². The van der Waals surface area contributed by atoms with Crippen molar-refractivity contribution in [2.75, 3.05) is 25.1 Å². The van der Waals surface area contributed by atoms with Crippen LogP contribution in [-0.4, -0.2) is 37.0 Å². The van der Waals surface area contributed by atoms with E-state index >= 15 is 0 Å². The van der Waals surface area contributed by atoms with Gasteiger partial charge in [-0.1, -0.05) is 6.92 Å². The van der Waals surface area contributed by atoms with Crippen molar-refractivity contribution in [3.8, 4) is 0 Å². The van der Waals surface area contributed by atoms with Gasteiger partial charge >= 0.3 is 0 Å². The molecule has 15 heavy (non-hydrogen) atoms. The molecule has 1 rings (SSSR count). The van der Waals surface area contributed by atoms with Crippen LogP contribution in [0.4, 0.5) is 0 Å². The molecule has 1 aliphatic heterocycles. The number of piperidine rings is 1. The predicted molar refractivity (Wildman–Crippen MR) is 66.2 cm³/mol. The molecule has 1 amide bonds. The van der Waals surface area contributed by atoms with Crippen LogP contribution in [0, 0.1) is 5.92 Å². The lowest BCUT2D eigenvalue weighted by Crippen LogP contribution is -2.51. The molecule has 1 aliphatic rings. The molecule has 0 bridgehead atoms. The molecule has 4 heteroatoms. The number of amides is 1. The van der Waals surface area contributed by atoms with Gasteiger partial charge in [0.05, 0.1) is 6.04 Å². The first-order valence-corrected chi connectivity index (χ1v) is 7.15. The van der Waals surface area contributed by atoms with Crippen molar-refractivity contribution in [3.63, 3.8) is 0 Å². The van der Waals surface area contributed by atoms with Gasteiger partial charge in [0.2, 0.25) is 5.91 Å². The number of hydrogen-bond acceptors (Lipinski definition) is 3. The monoisotopic (exact) mass is 230 g/mol. The molecular formula is C11H22N2OS. The minimum atomic E-state index is 0.0352. The Bertz CT molecular complexity index is 199. The fourth-order valence-corrected chi connectivity index (χ4v) is 2.37. The van der Waals surface area contributed by atoms with E-state index in [2.05, 4.69) is 23.8 Å². The van der Waals surface area contributed by atoms with E-state index < -0.39 is 0 Å². The van der Waals surface area contributed by atoms with Crippen molar-refractivity contribution < 1.29 is 4.79 Å². The topological polar surface area (TPSA) is 41.1 Å². The second-order valence-electron chi connectivity index (χ2n) is 4.19. The van der Waals surface area contributed by atoms with E-state index in [0.29, 0.717) is 5.92 Å². The first-order valence-electron chi connectivity index (χ1n) is 5.75. The Hall–Kier alpha value is -0.220. The van der Waals surface area contributed by atoms with Crippen molar-refractivity contribution in [1.29, 1.82) is 0 Å². The molecular weight excluding hydrogens is 208 g/mol. The van der Waals surface area contributed by atoms with Crippen molar-refractivity contribution in [1.82, 2.24) is 10.6 Å². The molecule has 0 aromatic carbocycles. The Labute approximate surface area is 96.8 Å². The maximum absolute atomic E-state index is 11.8. The van der Waals surface area contributed by atoms with Crippen LogP contribution >= 0.6 is 11.8 Å². The molecule has 0 aromatic rings. The highest BCUT2D eigenvalue weighted by molar-refractivity contribution is 7.98. The van der Waals surface area contributed by atoms with Crippen molar-refractivity contribution >= 4 is 17.7 Å². The summed E-state index contributed by atoms with van der Waals surface area (Å²) in [4.78, 5) is 11.8. The summed E-state index contributed by atoms with van der Waals surface area (Å²) in [6, 6.07) is 0.0352. The summed E-state index contributed by atoms with van der Waals surface area (Å²) in [5.41, 5.74) is 0. The highest BCUT2D eigenvalue weighted by atomic mass is 32.2. The number of nitrogens with one attached hydrogen (secondary N) is 2. The van der Waals surface area contributed by atoms with Crippen LogP contribution in [0.15, 0.2) is 0 Å². The molecule has 2 atom stereocenters. The molecule has 0 radical (unpaired) electrons. The van der Waals surface area contributed by atoms with E-state index in [1.165, 1.54) is 6.42 Å². The summed E-state index contributed by atoms with van der Waals surface area (Å²) in [6.07, 6.45) is 5.51. The van der Waals surface area contributed by atoms with E-state index in [4.69, 9.17) is 0 Å². The molecule has 0 spiro atoms. The molecule has 3 nitrogen and oxygen atoms in total. The van der Waals surface area contributed by atoms with Gasteiger partial charge in [0, 0.05) is 6.54 Å². The largest absolute Gasteiger partial charge is 0.355 e. The second kappa shape index (κ2) is 7.12. The standard InChI is InChI=1S/C11H22N2OS/c1-9-5-3-6-12-10(9)11(14)13-7-4-8-15-2/h9-10,12H,3-8H2,1-2H3,(H,13,14). The first-order chi connectivity index (χ1) is 7.25. The third kappa shape index (κ3) is 4.43. The Morgan fingerprint density at radius 1 is 1.60 bits per heavy atom. The number of thioether (sulfide) groups is 1. The van der Waals surface area contributed by atoms with Gasteiger partial charge in [0.15, 0.2) is 0 Å². The van der Waals surface area contributed by atoms with Crippen molar-refractivity contribution in [2.24, 2.45) is 5.92 Å². The van der Waals surface area contributed by atoms with Gasteiger partial charge < -0.3 is 10.6 Å². The maximum Gasteiger partial charge on any atom is 0.237 e. The summed E-state index contributed by atoms with van der Waals surface area (Å²) in [6.45, 7) is 3.94. The van der Waals surface area contributed by atoms with E-state index in [1.807, 2.05) is 11.8 Å². The smallest absolute Gasteiger partial charge is 0.237 e. The minimum Gasteiger partial charge on any atom is -0.355 e. The molecule has 1 heterocycles. The molecule has 2 unspecified atom stereocenters. The fourth-order valence-electron chi connectivity index (χ4n) is 1.94. The Balaban J connectivity index is 2.20. The summed E-state index contributed by atoms with van der Waals surface area (Å²) in [5, 5.41) is 6.30. The first kappa shape index (κ1) is 12.8. The van der Waals surface area contributed by atoms with Crippen LogP contribution in [0.3, 0.4) is 0 Å². The third-order valence-corrected chi connectivity index (χ3v) is 3.57. The van der Waals surface area contributed by atoms with Gasteiger partial charge in [-0.15, -0.1) is 0 Å². The SMILES string of the molecule is CSCCCNC(=O)C1NCCCC1C.